The zero-order valence-corrected chi connectivity index (χ0v) is 9.55. The number of aromatic nitrogens is 2. The van der Waals surface area contributed by atoms with Gasteiger partial charge in [-0.1, -0.05) is 6.07 Å². The second kappa shape index (κ2) is 4.39. The van der Waals surface area contributed by atoms with E-state index in [9.17, 15) is 0 Å². The highest BCUT2D eigenvalue weighted by molar-refractivity contribution is 7.13. The molecule has 0 aliphatic rings. The molecule has 0 spiro atoms. The molecule has 3 aromatic heterocycles. The average Bonchev–Trinajstić information content (AvgIpc) is 3.09. The van der Waals surface area contributed by atoms with Crippen LogP contribution in [-0.4, -0.2) is 10.2 Å². The Morgan fingerprint density at radius 1 is 1.12 bits per heavy atom. The summed E-state index contributed by atoms with van der Waals surface area (Å²) < 4.78 is 10.6. The molecule has 84 valence electrons. The Balaban J connectivity index is 1.82. The van der Waals surface area contributed by atoms with Crippen molar-refractivity contribution in [3.05, 3.63) is 47.6 Å². The second-order valence-corrected chi connectivity index (χ2v) is 4.22. The smallest absolute Gasteiger partial charge is 0.258 e. The van der Waals surface area contributed by atoms with Gasteiger partial charge in [0.15, 0.2) is 0 Å². The Labute approximate surface area is 101 Å². The first kappa shape index (κ1) is 10.0. The Morgan fingerprint density at radius 2 is 2.12 bits per heavy atom. The third kappa shape index (κ3) is 2.19. The van der Waals surface area contributed by atoms with E-state index < -0.39 is 0 Å². The summed E-state index contributed by atoms with van der Waals surface area (Å²) in [6.45, 7) is 0. The lowest BCUT2D eigenvalue weighted by Crippen LogP contribution is -1.71. The Bertz CT molecular complexity index is 609. The van der Waals surface area contributed by atoms with Crippen molar-refractivity contribution in [1.29, 1.82) is 0 Å². The largest absolute Gasteiger partial charge is 0.465 e. The van der Waals surface area contributed by atoms with Gasteiger partial charge >= 0.3 is 0 Å². The predicted octanol–water partition coefficient (Wildman–Crippen LogP) is 3.56. The molecule has 5 heteroatoms. The van der Waals surface area contributed by atoms with Crippen molar-refractivity contribution >= 4 is 23.5 Å². The third-order valence-electron chi connectivity index (χ3n) is 2.11. The minimum absolute atomic E-state index is 0.463. The van der Waals surface area contributed by atoms with Gasteiger partial charge < -0.3 is 8.83 Å². The summed E-state index contributed by atoms with van der Waals surface area (Å²) in [5.41, 5.74) is 0. The Morgan fingerprint density at radius 3 is 2.88 bits per heavy atom. The lowest BCUT2D eigenvalue weighted by atomic mass is 10.4. The van der Waals surface area contributed by atoms with Crippen molar-refractivity contribution < 1.29 is 8.83 Å². The van der Waals surface area contributed by atoms with Crippen LogP contribution in [0.5, 0.6) is 0 Å². The molecule has 3 rings (SSSR count). The molecule has 4 nitrogen and oxygen atoms in total. The van der Waals surface area contributed by atoms with Gasteiger partial charge in [-0.05, 0) is 29.7 Å². The summed E-state index contributed by atoms with van der Waals surface area (Å²) in [6.07, 6.45) is 5.12. The van der Waals surface area contributed by atoms with Gasteiger partial charge in [-0.3, -0.25) is 0 Å². The monoisotopic (exact) mass is 244 g/mol. The number of hydrogen-bond acceptors (Lipinski definition) is 5. The van der Waals surface area contributed by atoms with Crippen LogP contribution in [0.25, 0.3) is 22.9 Å². The minimum atomic E-state index is 0.463. The maximum atomic E-state index is 5.49. The number of hydrogen-bond donors (Lipinski definition) is 0. The van der Waals surface area contributed by atoms with Crippen molar-refractivity contribution in [1.82, 2.24) is 10.2 Å². The lowest BCUT2D eigenvalue weighted by Gasteiger charge is -1.84. The van der Waals surface area contributed by atoms with Gasteiger partial charge in [0, 0.05) is 6.08 Å². The first-order valence-electron chi connectivity index (χ1n) is 5.01. The lowest BCUT2D eigenvalue weighted by molar-refractivity contribution is 0.553. The van der Waals surface area contributed by atoms with Crippen molar-refractivity contribution in [2.45, 2.75) is 0 Å². The molecular weight excluding hydrogens is 236 g/mol. The van der Waals surface area contributed by atoms with E-state index in [1.54, 1.807) is 29.8 Å². The summed E-state index contributed by atoms with van der Waals surface area (Å²) in [5, 5.41) is 9.87. The first-order chi connectivity index (χ1) is 8.42. The maximum Gasteiger partial charge on any atom is 0.258 e. The second-order valence-electron chi connectivity index (χ2n) is 3.27. The molecular formula is C12H8N2O2S. The number of thiophene rings is 1. The molecule has 0 bridgehead atoms. The zero-order valence-electron chi connectivity index (χ0n) is 8.74. The highest BCUT2D eigenvalue weighted by atomic mass is 32.1. The summed E-state index contributed by atoms with van der Waals surface area (Å²) in [6, 6.07) is 7.57. The molecule has 0 aromatic carbocycles. The van der Waals surface area contributed by atoms with Crippen LogP contribution >= 0.6 is 11.3 Å². The molecule has 3 aromatic rings. The van der Waals surface area contributed by atoms with Crippen LogP contribution in [0, 0.1) is 0 Å². The van der Waals surface area contributed by atoms with E-state index in [0.29, 0.717) is 11.8 Å². The molecule has 0 aliphatic carbocycles. The van der Waals surface area contributed by atoms with Gasteiger partial charge in [0.05, 0.1) is 11.1 Å². The molecule has 17 heavy (non-hydrogen) atoms. The molecule has 0 atom stereocenters. The van der Waals surface area contributed by atoms with Gasteiger partial charge in [0.25, 0.3) is 5.89 Å². The van der Waals surface area contributed by atoms with Crippen LogP contribution in [0.2, 0.25) is 0 Å². The van der Waals surface area contributed by atoms with Crippen LogP contribution in [0.3, 0.4) is 0 Å². The molecule has 0 radical (unpaired) electrons. The van der Waals surface area contributed by atoms with Crippen LogP contribution in [0.1, 0.15) is 11.7 Å². The van der Waals surface area contributed by atoms with E-state index in [2.05, 4.69) is 10.2 Å². The standard InChI is InChI=1S/C12H8N2O2S/c1-3-9(15-7-1)5-6-11-13-14-12(16-11)10-4-2-8-17-10/h1-8H/b6-5+. The quantitative estimate of drug-likeness (QED) is 0.706. The van der Waals surface area contributed by atoms with Crippen LogP contribution in [-0.2, 0) is 0 Å². The molecule has 0 aliphatic heterocycles. The summed E-state index contributed by atoms with van der Waals surface area (Å²) >= 11 is 1.57. The van der Waals surface area contributed by atoms with Crippen LogP contribution in [0.4, 0.5) is 0 Å². The molecule has 0 saturated carbocycles. The van der Waals surface area contributed by atoms with Crippen molar-refractivity contribution in [2.24, 2.45) is 0 Å². The molecule has 0 fully saturated rings. The van der Waals surface area contributed by atoms with Crippen LogP contribution in [0.15, 0.2) is 44.7 Å². The van der Waals surface area contributed by atoms with E-state index in [4.69, 9.17) is 8.83 Å². The van der Waals surface area contributed by atoms with Gasteiger partial charge in [-0.15, -0.1) is 21.5 Å². The number of rotatable bonds is 3. The highest BCUT2D eigenvalue weighted by Gasteiger charge is 2.06. The SMILES string of the molecule is C(=C\c1nnc(-c2cccs2)o1)/c1ccco1. The number of furan rings is 1. The topological polar surface area (TPSA) is 52.1 Å². The first-order valence-corrected chi connectivity index (χ1v) is 5.89. The molecule has 0 saturated heterocycles. The van der Waals surface area contributed by atoms with Gasteiger partial charge in [0.2, 0.25) is 5.89 Å². The van der Waals surface area contributed by atoms with Crippen molar-refractivity contribution in [2.75, 3.05) is 0 Å². The van der Waals surface area contributed by atoms with Gasteiger partial charge in [-0.2, -0.15) is 0 Å². The zero-order chi connectivity index (χ0) is 11.5. The van der Waals surface area contributed by atoms with E-state index >= 15 is 0 Å². The maximum absolute atomic E-state index is 5.49. The fourth-order valence-corrected chi connectivity index (χ4v) is 1.99. The van der Waals surface area contributed by atoms with E-state index in [1.165, 1.54) is 0 Å². The average molecular weight is 244 g/mol. The van der Waals surface area contributed by atoms with Crippen molar-refractivity contribution in [3.63, 3.8) is 0 Å². The van der Waals surface area contributed by atoms with E-state index in [1.807, 2.05) is 29.6 Å². The molecule has 0 unspecified atom stereocenters. The summed E-state index contributed by atoms with van der Waals surface area (Å²) in [7, 11) is 0. The summed E-state index contributed by atoms with van der Waals surface area (Å²) in [4.78, 5) is 0.968. The van der Waals surface area contributed by atoms with Crippen molar-refractivity contribution in [3.8, 4) is 10.8 Å². The fourth-order valence-electron chi connectivity index (χ4n) is 1.34. The Hall–Kier alpha value is -2.14. The predicted molar refractivity (Wildman–Crippen MR) is 65.2 cm³/mol. The minimum Gasteiger partial charge on any atom is -0.465 e. The van der Waals surface area contributed by atoms with Gasteiger partial charge in [0.1, 0.15) is 5.76 Å². The summed E-state index contributed by atoms with van der Waals surface area (Å²) in [5.74, 6) is 1.75. The number of nitrogens with zero attached hydrogens (tertiary/aromatic N) is 2. The third-order valence-corrected chi connectivity index (χ3v) is 2.96. The normalized spacial score (nSPS) is 11.3. The highest BCUT2D eigenvalue weighted by Crippen LogP contribution is 2.23. The Kier molecular flexibility index (Phi) is 2.59. The molecule has 3 heterocycles. The molecule has 0 N–H and O–H groups in total. The van der Waals surface area contributed by atoms with E-state index in [0.717, 1.165) is 10.6 Å². The van der Waals surface area contributed by atoms with Gasteiger partial charge in [-0.25, -0.2) is 0 Å². The molecule has 0 amide bonds. The van der Waals surface area contributed by atoms with Crippen LogP contribution < -0.4 is 0 Å². The van der Waals surface area contributed by atoms with E-state index in [-0.39, 0.29) is 0 Å². The fraction of sp³-hybridized carbons (Fsp3) is 0.